The summed E-state index contributed by atoms with van der Waals surface area (Å²) in [5.74, 6) is 0. The minimum Gasteiger partial charge on any atom is -0.381 e. The number of nitrogens with zero attached hydrogens (tertiary/aromatic N) is 1. The minimum atomic E-state index is 0.899. The van der Waals surface area contributed by atoms with E-state index in [1.54, 1.807) is 0 Å². The molecule has 0 aliphatic carbocycles. The van der Waals surface area contributed by atoms with Crippen LogP contribution in [0.15, 0.2) is 0 Å². The fourth-order valence-corrected chi connectivity index (χ4v) is 1.56. The highest BCUT2D eigenvalue weighted by molar-refractivity contribution is 4.61. The van der Waals surface area contributed by atoms with Crippen LogP contribution in [-0.4, -0.2) is 51.0 Å². The molecule has 0 saturated carbocycles. The molecule has 0 aromatic rings. The van der Waals surface area contributed by atoms with Gasteiger partial charge in [0.15, 0.2) is 0 Å². The normalized spacial score (nSPS) is 18.6. The van der Waals surface area contributed by atoms with E-state index in [0.29, 0.717) is 0 Å². The van der Waals surface area contributed by atoms with E-state index >= 15 is 0 Å². The van der Waals surface area contributed by atoms with Crippen LogP contribution in [0.25, 0.3) is 0 Å². The Hall–Kier alpha value is -0.120. The molecule has 0 aromatic heterocycles. The van der Waals surface area contributed by atoms with Crippen LogP contribution in [-0.2, 0) is 9.47 Å². The van der Waals surface area contributed by atoms with Gasteiger partial charge in [0.05, 0.1) is 13.2 Å². The second kappa shape index (κ2) is 8.21. The van der Waals surface area contributed by atoms with E-state index in [0.717, 1.165) is 52.5 Å². The van der Waals surface area contributed by atoms with Gasteiger partial charge in [-0.25, -0.2) is 0 Å². The number of hydrogen-bond donors (Lipinski definition) is 0. The van der Waals surface area contributed by atoms with Gasteiger partial charge in [-0.2, -0.15) is 0 Å². The zero-order valence-corrected chi connectivity index (χ0v) is 9.33. The van der Waals surface area contributed by atoms with Crippen molar-refractivity contribution in [3.05, 3.63) is 0 Å². The average Bonchev–Trinajstić information content (AvgIpc) is 2.25. The van der Waals surface area contributed by atoms with Gasteiger partial charge in [-0.15, -0.1) is 0 Å². The van der Waals surface area contributed by atoms with E-state index in [4.69, 9.17) is 9.47 Å². The molecule has 0 amide bonds. The topological polar surface area (TPSA) is 21.7 Å². The van der Waals surface area contributed by atoms with Crippen molar-refractivity contribution in [3.63, 3.8) is 0 Å². The highest BCUT2D eigenvalue weighted by Gasteiger charge is 2.08. The molecular formula is C11H23NO2. The van der Waals surface area contributed by atoms with Crippen LogP contribution in [0.4, 0.5) is 0 Å². The van der Waals surface area contributed by atoms with Gasteiger partial charge < -0.3 is 9.47 Å². The molecule has 1 aliphatic rings. The first-order chi connectivity index (χ1) is 6.93. The van der Waals surface area contributed by atoms with Crippen LogP contribution in [0.2, 0.25) is 0 Å². The Morgan fingerprint density at radius 3 is 2.57 bits per heavy atom. The molecule has 1 saturated heterocycles. The lowest BCUT2D eigenvalue weighted by atomic mass is 10.3. The molecule has 0 bridgehead atoms. The molecule has 0 N–H and O–H groups in total. The number of unbranched alkanes of at least 4 members (excludes halogenated alkanes) is 1. The third kappa shape index (κ3) is 5.58. The molecule has 3 heteroatoms. The zero-order valence-electron chi connectivity index (χ0n) is 9.33. The number of rotatable bonds is 7. The van der Waals surface area contributed by atoms with Gasteiger partial charge in [0, 0.05) is 32.8 Å². The Balaban J connectivity index is 1.82. The second-order valence-electron chi connectivity index (χ2n) is 3.77. The Morgan fingerprint density at radius 1 is 1.14 bits per heavy atom. The van der Waals surface area contributed by atoms with Crippen LogP contribution < -0.4 is 0 Å². The van der Waals surface area contributed by atoms with Crippen molar-refractivity contribution in [2.45, 2.75) is 26.2 Å². The van der Waals surface area contributed by atoms with E-state index < -0.39 is 0 Å². The van der Waals surface area contributed by atoms with Gasteiger partial charge in [-0.05, 0) is 12.8 Å². The van der Waals surface area contributed by atoms with E-state index in [1.165, 1.54) is 12.8 Å². The Morgan fingerprint density at radius 2 is 1.86 bits per heavy atom. The molecule has 1 heterocycles. The molecule has 1 rings (SSSR count). The van der Waals surface area contributed by atoms with Crippen LogP contribution in [0.5, 0.6) is 0 Å². The summed E-state index contributed by atoms with van der Waals surface area (Å²) in [5, 5.41) is 0. The Kier molecular flexibility index (Phi) is 7.01. The third-order valence-electron chi connectivity index (χ3n) is 2.51. The summed E-state index contributed by atoms with van der Waals surface area (Å²) in [6.07, 6.45) is 3.57. The highest BCUT2D eigenvalue weighted by atomic mass is 16.5. The van der Waals surface area contributed by atoms with Crippen molar-refractivity contribution in [3.8, 4) is 0 Å². The van der Waals surface area contributed by atoms with Gasteiger partial charge in [-0.3, -0.25) is 4.90 Å². The Labute approximate surface area is 87.4 Å². The summed E-state index contributed by atoms with van der Waals surface area (Å²) >= 11 is 0. The second-order valence-corrected chi connectivity index (χ2v) is 3.77. The van der Waals surface area contributed by atoms with Crippen molar-refractivity contribution in [2.75, 3.05) is 46.1 Å². The molecule has 84 valence electrons. The van der Waals surface area contributed by atoms with Gasteiger partial charge in [0.1, 0.15) is 0 Å². The summed E-state index contributed by atoms with van der Waals surface area (Å²) in [6, 6.07) is 0. The summed E-state index contributed by atoms with van der Waals surface area (Å²) in [5.41, 5.74) is 0. The predicted molar refractivity (Wildman–Crippen MR) is 57.6 cm³/mol. The molecule has 0 aromatic carbocycles. The largest absolute Gasteiger partial charge is 0.381 e. The monoisotopic (exact) mass is 201 g/mol. The van der Waals surface area contributed by atoms with E-state index in [-0.39, 0.29) is 0 Å². The highest BCUT2D eigenvalue weighted by Crippen LogP contribution is 1.98. The lowest BCUT2D eigenvalue weighted by Crippen LogP contribution is -2.37. The maximum absolute atomic E-state index is 5.51. The van der Waals surface area contributed by atoms with Crippen LogP contribution >= 0.6 is 0 Å². The minimum absolute atomic E-state index is 0.899. The van der Waals surface area contributed by atoms with Gasteiger partial charge >= 0.3 is 0 Å². The van der Waals surface area contributed by atoms with Crippen molar-refractivity contribution in [2.24, 2.45) is 0 Å². The van der Waals surface area contributed by atoms with Crippen LogP contribution in [0, 0.1) is 0 Å². The third-order valence-corrected chi connectivity index (χ3v) is 2.51. The smallest absolute Gasteiger partial charge is 0.0594 e. The van der Waals surface area contributed by atoms with Crippen molar-refractivity contribution >= 4 is 0 Å². The molecule has 0 spiro atoms. The zero-order chi connectivity index (χ0) is 10.1. The first kappa shape index (κ1) is 12.0. The van der Waals surface area contributed by atoms with Crippen LogP contribution in [0.3, 0.4) is 0 Å². The maximum Gasteiger partial charge on any atom is 0.0594 e. The van der Waals surface area contributed by atoms with E-state index in [2.05, 4.69) is 11.8 Å². The summed E-state index contributed by atoms with van der Waals surface area (Å²) in [7, 11) is 0. The molecule has 14 heavy (non-hydrogen) atoms. The molecule has 3 nitrogen and oxygen atoms in total. The van der Waals surface area contributed by atoms with Crippen molar-refractivity contribution in [1.29, 1.82) is 0 Å². The SMILES string of the molecule is CCCCOCCCN1CCOCC1. The standard InChI is InChI=1S/C11H23NO2/c1-2-3-8-13-9-4-5-12-6-10-14-11-7-12/h2-11H2,1H3. The molecule has 0 radical (unpaired) electrons. The summed E-state index contributed by atoms with van der Waals surface area (Å²) in [4.78, 5) is 2.45. The number of morpholine rings is 1. The summed E-state index contributed by atoms with van der Waals surface area (Å²) in [6.45, 7) is 9.18. The quantitative estimate of drug-likeness (QED) is 0.583. The predicted octanol–water partition coefficient (Wildman–Crippen LogP) is 1.53. The lowest BCUT2D eigenvalue weighted by molar-refractivity contribution is 0.0318. The fraction of sp³-hybridized carbons (Fsp3) is 1.00. The molecule has 0 atom stereocenters. The van der Waals surface area contributed by atoms with Gasteiger partial charge in [-0.1, -0.05) is 13.3 Å². The molecule has 1 aliphatic heterocycles. The number of ether oxygens (including phenoxy) is 2. The summed E-state index contributed by atoms with van der Waals surface area (Å²) < 4.78 is 10.8. The Bertz CT molecular complexity index is 124. The number of hydrogen-bond acceptors (Lipinski definition) is 3. The maximum atomic E-state index is 5.51. The van der Waals surface area contributed by atoms with Crippen molar-refractivity contribution in [1.82, 2.24) is 4.90 Å². The van der Waals surface area contributed by atoms with Gasteiger partial charge in [0.2, 0.25) is 0 Å². The van der Waals surface area contributed by atoms with Gasteiger partial charge in [0.25, 0.3) is 0 Å². The van der Waals surface area contributed by atoms with E-state index in [1.807, 2.05) is 0 Å². The van der Waals surface area contributed by atoms with Crippen LogP contribution in [0.1, 0.15) is 26.2 Å². The molecule has 1 fully saturated rings. The fourth-order valence-electron chi connectivity index (χ4n) is 1.56. The van der Waals surface area contributed by atoms with E-state index in [9.17, 15) is 0 Å². The molecule has 0 unspecified atom stereocenters. The first-order valence-corrected chi connectivity index (χ1v) is 5.81. The first-order valence-electron chi connectivity index (χ1n) is 5.81. The average molecular weight is 201 g/mol. The molecular weight excluding hydrogens is 178 g/mol. The lowest BCUT2D eigenvalue weighted by Gasteiger charge is -2.26. The van der Waals surface area contributed by atoms with Crippen molar-refractivity contribution < 1.29 is 9.47 Å².